The number of hydrogen-bond donors (Lipinski definition) is 1. The number of fused-ring (bicyclic) bond motifs is 1. The van der Waals surface area contributed by atoms with Crippen LogP contribution < -0.4 is 5.32 Å². The van der Waals surface area contributed by atoms with E-state index in [1.165, 1.54) is 23.8 Å². The van der Waals surface area contributed by atoms with Crippen molar-refractivity contribution < 1.29 is 18.7 Å². The Hall–Kier alpha value is -3.32. The summed E-state index contributed by atoms with van der Waals surface area (Å²) >= 11 is 0. The highest BCUT2D eigenvalue weighted by molar-refractivity contribution is 5.99. The minimum atomic E-state index is -1.14. The van der Waals surface area contributed by atoms with E-state index >= 15 is 0 Å². The van der Waals surface area contributed by atoms with E-state index in [0.29, 0.717) is 26.3 Å². The van der Waals surface area contributed by atoms with E-state index in [0.717, 1.165) is 23.3 Å². The second kappa shape index (κ2) is 9.67. The standard InChI is InChI=1S/C26H28FN3O3/c1-26(2,29-24(31)21-4-3-5-23(27)14-21)25(32)30-10-11-33-17-19(16-30)12-18-6-7-22-15-28-9-8-20(22)13-18/h3-9,13-15,19H,10-12,16-17H2,1-2H3,(H,29,31)/t19-/m1/s1. The van der Waals surface area contributed by atoms with Crippen LogP contribution in [0.2, 0.25) is 0 Å². The molecular formula is C26H28FN3O3. The van der Waals surface area contributed by atoms with Gasteiger partial charge in [-0.25, -0.2) is 4.39 Å². The number of ether oxygens (including phenoxy) is 1. The molecule has 7 heteroatoms. The van der Waals surface area contributed by atoms with Gasteiger partial charge in [-0.15, -0.1) is 0 Å². The molecule has 4 rings (SSSR count). The smallest absolute Gasteiger partial charge is 0.252 e. The summed E-state index contributed by atoms with van der Waals surface area (Å²) in [5.74, 6) is -1.04. The molecule has 0 unspecified atom stereocenters. The van der Waals surface area contributed by atoms with Crippen LogP contribution in [0.15, 0.2) is 60.9 Å². The van der Waals surface area contributed by atoms with Crippen LogP contribution in [-0.2, 0) is 16.0 Å². The van der Waals surface area contributed by atoms with Crippen LogP contribution >= 0.6 is 0 Å². The first kappa shape index (κ1) is 22.9. The summed E-state index contributed by atoms with van der Waals surface area (Å²) in [4.78, 5) is 31.9. The van der Waals surface area contributed by atoms with Crippen molar-refractivity contribution in [3.05, 3.63) is 77.9 Å². The normalized spacial score (nSPS) is 16.9. The van der Waals surface area contributed by atoms with Gasteiger partial charge >= 0.3 is 0 Å². The van der Waals surface area contributed by atoms with Crippen LogP contribution in [0.3, 0.4) is 0 Å². The van der Waals surface area contributed by atoms with Crippen LogP contribution in [-0.4, -0.2) is 53.5 Å². The first-order valence-electron chi connectivity index (χ1n) is 11.1. The van der Waals surface area contributed by atoms with Crippen molar-refractivity contribution in [2.75, 3.05) is 26.3 Å². The molecule has 3 aromatic rings. The molecule has 1 aliphatic heterocycles. The number of halogens is 1. The Balaban J connectivity index is 1.44. The van der Waals surface area contributed by atoms with Crippen molar-refractivity contribution in [1.29, 1.82) is 0 Å². The van der Waals surface area contributed by atoms with Gasteiger partial charge in [-0.05, 0) is 55.5 Å². The molecule has 1 aliphatic rings. The van der Waals surface area contributed by atoms with Gasteiger partial charge < -0.3 is 15.0 Å². The molecule has 1 aromatic heterocycles. The largest absolute Gasteiger partial charge is 0.379 e. The summed E-state index contributed by atoms with van der Waals surface area (Å²) in [6, 6.07) is 13.7. The van der Waals surface area contributed by atoms with E-state index in [1.54, 1.807) is 24.9 Å². The molecular weight excluding hydrogens is 421 g/mol. The molecule has 6 nitrogen and oxygen atoms in total. The van der Waals surface area contributed by atoms with Crippen molar-refractivity contribution in [2.45, 2.75) is 25.8 Å². The van der Waals surface area contributed by atoms with Gasteiger partial charge in [-0.1, -0.05) is 24.3 Å². The highest BCUT2D eigenvalue weighted by Gasteiger charge is 2.35. The van der Waals surface area contributed by atoms with Crippen LogP contribution in [0.1, 0.15) is 29.8 Å². The molecule has 0 spiro atoms. The Kier molecular flexibility index (Phi) is 6.70. The molecule has 1 saturated heterocycles. The van der Waals surface area contributed by atoms with E-state index in [1.807, 2.05) is 12.3 Å². The molecule has 0 aliphatic carbocycles. The quantitative estimate of drug-likeness (QED) is 0.646. The number of pyridine rings is 1. The molecule has 2 heterocycles. The zero-order valence-corrected chi connectivity index (χ0v) is 18.9. The lowest BCUT2D eigenvalue weighted by Gasteiger charge is -2.33. The second-order valence-corrected chi connectivity index (χ2v) is 9.04. The third-order valence-electron chi connectivity index (χ3n) is 5.90. The SMILES string of the molecule is CC(C)(NC(=O)c1cccc(F)c1)C(=O)N1CCOC[C@H](Cc2ccc3cnccc3c2)C1. The van der Waals surface area contributed by atoms with Gasteiger partial charge in [0.05, 0.1) is 13.2 Å². The zero-order valence-electron chi connectivity index (χ0n) is 18.9. The Morgan fingerprint density at radius 2 is 2.03 bits per heavy atom. The fraction of sp³-hybridized carbons (Fsp3) is 0.346. The molecule has 172 valence electrons. The van der Waals surface area contributed by atoms with Crippen molar-refractivity contribution >= 4 is 22.6 Å². The molecule has 2 aromatic carbocycles. The Labute approximate surface area is 192 Å². The molecule has 1 fully saturated rings. The first-order chi connectivity index (χ1) is 15.8. The lowest BCUT2D eigenvalue weighted by molar-refractivity contribution is -0.137. The maximum Gasteiger partial charge on any atom is 0.252 e. The number of amides is 2. The molecule has 2 amide bonds. The molecule has 0 saturated carbocycles. The number of benzene rings is 2. The molecule has 33 heavy (non-hydrogen) atoms. The number of nitrogens with one attached hydrogen (secondary N) is 1. The minimum absolute atomic E-state index is 0.130. The zero-order chi connectivity index (χ0) is 23.4. The maximum absolute atomic E-state index is 13.5. The van der Waals surface area contributed by atoms with Gasteiger partial charge in [0.2, 0.25) is 5.91 Å². The summed E-state index contributed by atoms with van der Waals surface area (Å²) in [7, 11) is 0. The molecule has 1 atom stereocenters. The fourth-order valence-corrected chi connectivity index (χ4v) is 4.22. The van der Waals surface area contributed by atoms with E-state index in [9.17, 15) is 14.0 Å². The van der Waals surface area contributed by atoms with E-state index in [4.69, 9.17) is 4.74 Å². The Bertz CT molecular complexity index is 1160. The number of carbonyl (C=O) groups excluding carboxylic acids is 2. The lowest BCUT2D eigenvalue weighted by Crippen LogP contribution is -2.56. The average molecular weight is 450 g/mol. The number of nitrogens with zero attached hydrogens (tertiary/aromatic N) is 2. The highest BCUT2D eigenvalue weighted by Crippen LogP contribution is 2.21. The van der Waals surface area contributed by atoms with Gasteiger partial charge in [0.25, 0.3) is 5.91 Å². The van der Waals surface area contributed by atoms with E-state index < -0.39 is 17.3 Å². The van der Waals surface area contributed by atoms with Crippen molar-refractivity contribution in [3.8, 4) is 0 Å². The topological polar surface area (TPSA) is 71.5 Å². The molecule has 0 radical (unpaired) electrons. The lowest BCUT2D eigenvalue weighted by atomic mass is 9.96. The van der Waals surface area contributed by atoms with Crippen molar-refractivity contribution in [2.24, 2.45) is 5.92 Å². The van der Waals surface area contributed by atoms with Gasteiger partial charge in [0, 0.05) is 42.4 Å². The van der Waals surface area contributed by atoms with Gasteiger partial charge in [-0.2, -0.15) is 0 Å². The van der Waals surface area contributed by atoms with Gasteiger partial charge in [0.1, 0.15) is 11.4 Å². The predicted molar refractivity (Wildman–Crippen MR) is 124 cm³/mol. The average Bonchev–Trinajstić information content (AvgIpc) is 3.03. The third-order valence-corrected chi connectivity index (χ3v) is 5.90. The minimum Gasteiger partial charge on any atom is -0.379 e. The summed E-state index contributed by atoms with van der Waals surface area (Å²) in [6.45, 7) is 5.34. The summed E-state index contributed by atoms with van der Waals surface area (Å²) in [5.41, 5.74) is 0.212. The maximum atomic E-state index is 13.5. The third kappa shape index (κ3) is 5.54. The number of aromatic nitrogens is 1. The number of rotatable bonds is 5. The number of carbonyl (C=O) groups is 2. The monoisotopic (exact) mass is 449 g/mol. The van der Waals surface area contributed by atoms with Crippen LogP contribution in [0.5, 0.6) is 0 Å². The van der Waals surface area contributed by atoms with Crippen LogP contribution in [0.4, 0.5) is 4.39 Å². The highest BCUT2D eigenvalue weighted by atomic mass is 19.1. The first-order valence-corrected chi connectivity index (χ1v) is 11.1. The van der Waals surface area contributed by atoms with E-state index in [2.05, 4.69) is 28.5 Å². The summed E-state index contributed by atoms with van der Waals surface area (Å²) in [6.07, 6.45) is 4.40. The summed E-state index contributed by atoms with van der Waals surface area (Å²) < 4.78 is 19.3. The van der Waals surface area contributed by atoms with Gasteiger partial charge in [-0.3, -0.25) is 14.6 Å². The van der Waals surface area contributed by atoms with E-state index in [-0.39, 0.29) is 17.4 Å². The summed E-state index contributed by atoms with van der Waals surface area (Å²) in [5, 5.41) is 4.98. The van der Waals surface area contributed by atoms with Crippen molar-refractivity contribution in [1.82, 2.24) is 15.2 Å². The predicted octanol–water partition coefficient (Wildman–Crippen LogP) is 3.60. The number of hydrogen-bond acceptors (Lipinski definition) is 4. The van der Waals surface area contributed by atoms with Crippen LogP contribution in [0.25, 0.3) is 10.8 Å². The Morgan fingerprint density at radius 3 is 2.85 bits per heavy atom. The Morgan fingerprint density at radius 1 is 1.18 bits per heavy atom. The molecule has 0 bridgehead atoms. The van der Waals surface area contributed by atoms with Gasteiger partial charge in [0.15, 0.2) is 0 Å². The second-order valence-electron chi connectivity index (χ2n) is 9.04. The van der Waals surface area contributed by atoms with Crippen molar-refractivity contribution in [3.63, 3.8) is 0 Å². The fourth-order valence-electron chi connectivity index (χ4n) is 4.22. The van der Waals surface area contributed by atoms with Crippen LogP contribution in [0, 0.1) is 11.7 Å². The molecule has 1 N–H and O–H groups in total.